The Hall–Kier alpha value is -0.170. The summed E-state index contributed by atoms with van der Waals surface area (Å²) < 4.78 is 5.43. The van der Waals surface area contributed by atoms with Crippen LogP contribution in [0, 0.1) is 0 Å². The second-order valence-corrected chi connectivity index (χ2v) is 4.14. The summed E-state index contributed by atoms with van der Waals surface area (Å²) in [5, 5.41) is 0. The predicted octanol–water partition coefficient (Wildman–Crippen LogP) is 3.33. The van der Waals surface area contributed by atoms with Gasteiger partial charge in [0.2, 0.25) is 0 Å². The van der Waals surface area contributed by atoms with E-state index < -0.39 is 0 Å². The average molecular weight is 177 g/mol. The first-order valence-corrected chi connectivity index (χ1v) is 4.34. The minimum atomic E-state index is -0.260. The molecule has 0 atom stereocenters. The molecule has 0 saturated heterocycles. The number of alkyl halides is 1. The van der Waals surface area contributed by atoms with E-state index in [1.54, 1.807) is 0 Å². The number of rotatable bonds is 4. The second-order valence-electron chi connectivity index (χ2n) is 3.12. The van der Waals surface area contributed by atoms with E-state index in [-0.39, 0.29) is 4.87 Å². The average Bonchev–Trinajstić information content (AvgIpc) is 1.88. The third-order valence-corrected chi connectivity index (χ3v) is 1.38. The highest BCUT2D eigenvalue weighted by Crippen LogP contribution is 2.15. The van der Waals surface area contributed by atoms with Gasteiger partial charge in [-0.05, 0) is 26.8 Å². The van der Waals surface area contributed by atoms with Crippen molar-refractivity contribution in [2.24, 2.45) is 0 Å². The zero-order valence-electron chi connectivity index (χ0n) is 7.78. The summed E-state index contributed by atoms with van der Waals surface area (Å²) in [5.41, 5.74) is 0. The standard InChI is InChI=1S/C9H17ClO/c1-5-8(6-2)11-7-9(3,4)10/h5H,6-7H2,1-4H3/b8-5+. The van der Waals surface area contributed by atoms with Crippen molar-refractivity contribution in [2.75, 3.05) is 6.61 Å². The van der Waals surface area contributed by atoms with E-state index in [0.717, 1.165) is 12.2 Å². The lowest BCUT2D eigenvalue weighted by Crippen LogP contribution is -2.18. The van der Waals surface area contributed by atoms with Crippen molar-refractivity contribution in [2.45, 2.75) is 39.0 Å². The first-order chi connectivity index (χ1) is 4.99. The molecular weight excluding hydrogens is 160 g/mol. The van der Waals surface area contributed by atoms with Crippen LogP contribution in [0.15, 0.2) is 11.8 Å². The zero-order chi connectivity index (χ0) is 8.91. The molecule has 11 heavy (non-hydrogen) atoms. The zero-order valence-corrected chi connectivity index (χ0v) is 8.53. The topological polar surface area (TPSA) is 9.23 Å². The van der Waals surface area contributed by atoms with Crippen LogP contribution in [0.25, 0.3) is 0 Å². The van der Waals surface area contributed by atoms with Gasteiger partial charge in [0, 0.05) is 6.42 Å². The van der Waals surface area contributed by atoms with Crippen molar-refractivity contribution < 1.29 is 4.74 Å². The minimum Gasteiger partial charge on any atom is -0.496 e. The SMILES string of the molecule is C/C=C(\CC)OCC(C)(C)Cl. The van der Waals surface area contributed by atoms with E-state index in [2.05, 4.69) is 6.92 Å². The Morgan fingerprint density at radius 3 is 2.36 bits per heavy atom. The van der Waals surface area contributed by atoms with Crippen LogP contribution < -0.4 is 0 Å². The summed E-state index contributed by atoms with van der Waals surface area (Å²) in [5.74, 6) is 1.01. The van der Waals surface area contributed by atoms with Crippen molar-refractivity contribution in [3.05, 3.63) is 11.8 Å². The van der Waals surface area contributed by atoms with E-state index in [9.17, 15) is 0 Å². The highest BCUT2D eigenvalue weighted by atomic mass is 35.5. The van der Waals surface area contributed by atoms with Gasteiger partial charge in [0.25, 0.3) is 0 Å². The Balaban J connectivity index is 3.70. The molecule has 0 rings (SSSR count). The van der Waals surface area contributed by atoms with Crippen LogP contribution >= 0.6 is 11.6 Å². The monoisotopic (exact) mass is 176 g/mol. The van der Waals surface area contributed by atoms with Gasteiger partial charge in [0.15, 0.2) is 0 Å². The number of halogens is 1. The normalized spacial score (nSPS) is 13.4. The Kier molecular flexibility index (Phi) is 4.58. The Bertz CT molecular complexity index is 133. The minimum absolute atomic E-state index is 0.260. The fourth-order valence-corrected chi connectivity index (χ4v) is 0.708. The van der Waals surface area contributed by atoms with Crippen LogP contribution in [0.2, 0.25) is 0 Å². The molecule has 0 aromatic rings. The van der Waals surface area contributed by atoms with Crippen LogP contribution in [0.4, 0.5) is 0 Å². The number of allylic oxidation sites excluding steroid dienone is 2. The van der Waals surface area contributed by atoms with Crippen molar-refractivity contribution in [1.82, 2.24) is 0 Å². The third-order valence-electron chi connectivity index (χ3n) is 1.27. The van der Waals surface area contributed by atoms with Crippen molar-refractivity contribution >= 4 is 11.6 Å². The molecule has 0 saturated carbocycles. The molecule has 0 aromatic heterocycles. The molecule has 1 nitrogen and oxygen atoms in total. The molecule has 0 aliphatic carbocycles. The van der Waals surface area contributed by atoms with Crippen LogP contribution in [-0.4, -0.2) is 11.5 Å². The van der Waals surface area contributed by atoms with Gasteiger partial charge in [-0.25, -0.2) is 0 Å². The van der Waals surface area contributed by atoms with Gasteiger partial charge >= 0.3 is 0 Å². The summed E-state index contributed by atoms with van der Waals surface area (Å²) in [6.45, 7) is 8.49. The maximum atomic E-state index is 5.94. The summed E-state index contributed by atoms with van der Waals surface area (Å²) in [6.07, 6.45) is 2.91. The first-order valence-electron chi connectivity index (χ1n) is 3.96. The molecule has 0 radical (unpaired) electrons. The number of hydrogen-bond acceptors (Lipinski definition) is 1. The van der Waals surface area contributed by atoms with Gasteiger partial charge in [-0.3, -0.25) is 0 Å². The smallest absolute Gasteiger partial charge is 0.106 e. The lowest BCUT2D eigenvalue weighted by Gasteiger charge is -2.17. The van der Waals surface area contributed by atoms with Gasteiger partial charge < -0.3 is 4.74 Å². The molecule has 0 aliphatic heterocycles. The summed E-state index contributed by atoms with van der Waals surface area (Å²) in [6, 6.07) is 0. The van der Waals surface area contributed by atoms with Gasteiger partial charge in [0.1, 0.15) is 6.61 Å². The molecule has 66 valence electrons. The van der Waals surface area contributed by atoms with E-state index in [1.807, 2.05) is 26.8 Å². The lowest BCUT2D eigenvalue weighted by molar-refractivity contribution is 0.182. The quantitative estimate of drug-likeness (QED) is 0.472. The van der Waals surface area contributed by atoms with Gasteiger partial charge in [-0.1, -0.05) is 6.92 Å². The van der Waals surface area contributed by atoms with Crippen molar-refractivity contribution in [3.63, 3.8) is 0 Å². The van der Waals surface area contributed by atoms with Crippen LogP contribution in [-0.2, 0) is 4.74 Å². The molecule has 0 aromatic carbocycles. The Labute approximate surface area is 74.4 Å². The summed E-state index contributed by atoms with van der Waals surface area (Å²) in [4.78, 5) is -0.260. The van der Waals surface area contributed by atoms with E-state index in [1.165, 1.54) is 0 Å². The third kappa shape index (κ3) is 6.24. The van der Waals surface area contributed by atoms with Gasteiger partial charge in [-0.15, -0.1) is 11.6 Å². The van der Waals surface area contributed by atoms with Crippen molar-refractivity contribution in [1.29, 1.82) is 0 Å². The van der Waals surface area contributed by atoms with Gasteiger partial charge in [0.05, 0.1) is 10.6 Å². The van der Waals surface area contributed by atoms with Crippen LogP contribution in [0.3, 0.4) is 0 Å². The highest BCUT2D eigenvalue weighted by molar-refractivity contribution is 6.23. The highest BCUT2D eigenvalue weighted by Gasteiger charge is 2.13. The first kappa shape index (κ1) is 10.8. The lowest BCUT2D eigenvalue weighted by atomic mass is 10.2. The molecule has 0 spiro atoms. The fourth-order valence-electron chi connectivity index (χ4n) is 0.654. The Morgan fingerprint density at radius 1 is 1.55 bits per heavy atom. The molecule has 0 N–H and O–H groups in total. The molecule has 2 heteroatoms. The molecule has 0 aliphatic rings. The van der Waals surface area contributed by atoms with E-state index >= 15 is 0 Å². The van der Waals surface area contributed by atoms with E-state index in [4.69, 9.17) is 16.3 Å². The molecule has 0 heterocycles. The number of hydrogen-bond donors (Lipinski definition) is 0. The maximum absolute atomic E-state index is 5.94. The maximum Gasteiger partial charge on any atom is 0.106 e. The fraction of sp³-hybridized carbons (Fsp3) is 0.778. The predicted molar refractivity (Wildman–Crippen MR) is 49.9 cm³/mol. The second kappa shape index (κ2) is 4.66. The summed E-state index contributed by atoms with van der Waals surface area (Å²) in [7, 11) is 0. The van der Waals surface area contributed by atoms with Crippen molar-refractivity contribution in [3.8, 4) is 0 Å². The van der Waals surface area contributed by atoms with Gasteiger partial charge in [-0.2, -0.15) is 0 Å². The largest absolute Gasteiger partial charge is 0.496 e. The molecular formula is C9H17ClO. The Morgan fingerprint density at radius 2 is 2.09 bits per heavy atom. The molecule has 0 bridgehead atoms. The molecule has 0 fully saturated rings. The number of ether oxygens (including phenoxy) is 1. The van der Waals surface area contributed by atoms with E-state index in [0.29, 0.717) is 6.61 Å². The molecule has 0 unspecified atom stereocenters. The summed E-state index contributed by atoms with van der Waals surface area (Å²) >= 11 is 5.94. The molecule has 0 amide bonds. The van der Waals surface area contributed by atoms with Crippen LogP contribution in [0.5, 0.6) is 0 Å². The van der Waals surface area contributed by atoms with Crippen LogP contribution in [0.1, 0.15) is 34.1 Å².